The van der Waals surface area contributed by atoms with E-state index in [0.717, 1.165) is 33.5 Å². The number of H-pyrrole nitrogens is 1. The summed E-state index contributed by atoms with van der Waals surface area (Å²) in [5, 5.41) is 8.14. The fourth-order valence-electron chi connectivity index (χ4n) is 2.79. The molecule has 108 valence electrons. The molecule has 22 heavy (non-hydrogen) atoms. The Bertz CT molecular complexity index is 948. The summed E-state index contributed by atoms with van der Waals surface area (Å²) < 4.78 is 15.3. The molecule has 0 radical (unpaired) electrons. The van der Waals surface area contributed by atoms with Crippen LogP contribution >= 0.6 is 0 Å². The Morgan fingerprint density at radius 2 is 1.82 bits per heavy atom. The van der Waals surface area contributed by atoms with Crippen molar-refractivity contribution in [1.82, 2.24) is 14.8 Å². The maximum atomic E-state index is 13.2. The Balaban J connectivity index is 1.91. The van der Waals surface area contributed by atoms with Crippen LogP contribution in [-0.2, 0) is 0 Å². The zero-order valence-corrected chi connectivity index (χ0v) is 12.0. The number of nitrogens with zero attached hydrogens (tertiary/aromatic N) is 2. The number of rotatable bonds is 2. The maximum absolute atomic E-state index is 13.2. The first-order valence-electron chi connectivity index (χ1n) is 7.10. The number of aromatic amines is 1. The molecule has 3 nitrogen and oxygen atoms in total. The molecule has 1 N–H and O–H groups in total. The smallest absolute Gasteiger partial charge is 0.123 e. The van der Waals surface area contributed by atoms with Crippen molar-refractivity contribution in [3.8, 4) is 16.9 Å². The van der Waals surface area contributed by atoms with Gasteiger partial charge in [-0.15, -0.1) is 0 Å². The van der Waals surface area contributed by atoms with Gasteiger partial charge in [0.05, 0.1) is 17.4 Å². The molecule has 0 spiro atoms. The van der Waals surface area contributed by atoms with Crippen LogP contribution in [0.15, 0.2) is 60.8 Å². The van der Waals surface area contributed by atoms with Crippen LogP contribution in [0.3, 0.4) is 0 Å². The molecule has 0 unspecified atom stereocenters. The lowest BCUT2D eigenvalue weighted by atomic mass is 10.1. The van der Waals surface area contributed by atoms with E-state index >= 15 is 0 Å². The zero-order valence-electron chi connectivity index (χ0n) is 12.0. The Labute approximate surface area is 127 Å². The molecule has 0 aliphatic heterocycles. The normalized spacial score (nSPS) is 11.2. The Morgan fingerprint density at radius 1 is 1.00 bits per heavy atom. The second-order valence-corrected chi connectivity index (χ2v) is 5.34. The Hall–Kier alpha value is -2.88. The number of nitrogens with one attached hydrogen (secondary N) is 1. The third-order valence-corrected chi connectivity index (χ3v) is 3.90. The molecule has 4 rings (SSSR count). The van der Waals surface area contributed by atoms with Crippen LogP contribution in [0.2, 0.25) is 0 Å². The van der Waals surface area contributed by atoms with Crippen LogP contribution in [0, 0.1) is 12.7 Å². The van der Waals surface area contributed by atoms with E-state index in [9.17, 15) is 4.39 Å². The summed E-state index contributed by atoms with van der Waals surface area (Å²) in [5.41, 5.74) is 5.20. The zero-order chi connectivity index (χ0) is 15.1. The third-order valence-electron chi connectivity index (χ3n) is 3.90. The SMILES string of the molecule is Cc1ccc(-c2ccc(F)cc2)n1-c1ccc2cn[nH]c2c1. The van der Waals surface area contributed by atoms with Crippen LogP contribution in [0.25, 0.3) is 27.8 Å². The number of benzene rings is 2. The number of hydrogen-bond donors (Lipinski definition) is 1. The monoisotopic (exact) mass is 291 g/mol. The Morgan fingerprint density at radius 3 is 2.64 bits per heavy atom. The first-order chi connectivity index (χ1) is 10.7. The van der Waals surface area contributed by atoms with Gasteiger partial charge in [0.2, 0.25) is 0 Å². The van der Waals surface area contributed by atoms with Crippen LogP contribution in [0.5, 0.6) is 0 Å². The van der Waals surface area contributed by atoms with Crippen molar-refractivity contribution in [3.05, 3.63) is 72.3 Å². The van der Waals surface area contributed by atoms with Gasteiger partial charge < -0.3 is 4.57 Å². The highest BCUT2D eigenvalue weighted by Gasteiger charge is 2.10. The van der Waals surface area contributed by atoms with Crippen molar-refractivity contribution in [2.75, 3.05) is 0 Å². The molecule has 0 bridgehead atoms. The first kappa shape index (κ1) is 12.8. The number of hydrogen-bond acceptors (Lipinski definition) is 1. The van der Waals surface area contributed by atoms with Crippen molar-refractivity contribution in [2.45, 2.75) is 6.92 Å². The largest absolute Gasteiger partial charge is 0.314 e. The Kier molecular flexibility index (Phi) is 2.82. The summed E-state index contributed by atoms with van der Waals surface area (Å²) in [4.78, 5) is 0. The van der Waals surface area contributed by atoms with Crippen molar-refractivity contribution in [1.29, 1.82) is 0 Å². The van der Waals surface area contributed by atoms with Gasteiger partial charge in [0.25, 0.3) is 0 Å². The van der Waals surface area contributed by atoms with Crippen LogP contribution in [0.4, 0.5) is 4.39 Å². The molecule has 0 amide bonds. The van der Waals surface area contributed by atoms with Crippen LogP contribution in [0.1, 0.15) is 5.69 Å². The first-order valence-corrected chi connectivity index (χ1v) is 7.10. The van der Waals surface area contributed by atoms with E-state index in [0.29, 0.717) is 0 Å². The minimum atomic E-state index is -0.225. The highest BCUT2D eigenvalue weighted by Crippen LogP contribution is 2.28. The van der Waals surface area contributed by atoms with E-state index in [4.69, 9.17) is 0 Å². The minimum absolute atomic E-state index is 0.225. The predicted molar refractivity (Wildman–Crippen MR) is 85.6 cm³/mol. The third kappa shape index (κ3) is 2.00. The van der Waals surface area contributed by atoms with Gasteiger partial charge in [-0.25, -0.2) is 4.39 Å². The fourth-order valence-corrected chi connectivity index (χ4v) is 2.79. The standard InChI is InChI=1S/C18H14FN3/c1-12-2-9-18(13-3-6-15(19)7-4-13)22(12)16-8-5-14-11-20-21-17(14)10-16/h2-11H,1H3,(H,20,21). The predicted octanol–water partition coefficient (Wildman–Crippen LogP) is 4.47. The van der Waals surface area contributed by atoms with E-state index in [1.807, 2.05) is 12.3 Å². The van der Waals surface area contributed by atoms with Gasteiger partial charge in [-0.05, 0) is 67.1 Å². The summed E-state index contributed by atoms with van der Waals surface area (Å²) in [7, 11) is 0. The average Bonchev–Trinajstić information content (AvgIpc) is 3.13. The van der Waals surface area contributed by atoms with Gasteiger partial charge in [0.1, 0.15) is 5.82 Å². The quantitative estimate of drug-likeness (QED) is 0.581. The highest BCUT2D eigenvalue weighted by molar-refractivity contribution is 5.80. The summed E-state index contributed by atoms with van der Waals surface area (Å²) in [5.74, 6) is -0.225. The van der Waals surface area contributed by atoms with Crippen molar-refractivity contribution >= 4 is 10.9 Å². The van der Waals surface area contributed by atoms with Gasteiger partial charge in [-0.3, -0.25) is 5.10 Å². The van der Waals surface area contributed by atoms with Crippen LogP contribution < -0.4 is 0 Å². The molecule has 4 aromatic rings. The topological polar surface area (TPSA) is 33.6 Å². The number of halogens is 1. The molecular formula is C18H14FN3. The van der Waals surface area contributed by atoms with Gasteiger partial charge in [-0.1, -0.05) is 0 Å². The molecule has 0 aliphatic carbocycles. The van der Waals surface area contributed by atoms with Crippen molar-refractivity contribution < 1.29 is 4.39 Å². The fraction of sp³-hybridized carbons (Fsp3) is 0.0556. The van der Waals surface area contributed by atoms with Crippen molar-refractivity contribution in [2.24, 2.45) is 0 Å². The van der Waals surface area contributed by atoms with E-state index in [1.165, 1.54) is 12.1 Å². The van der Waals surface area contributed by atoms with Gasteiger partial charge in [0, 0.05) is 16.8 Å². The van der Waals surface area contributed by atoms with E-state index in [1.54, 1.807) is 12.1 Å². The van der Waals surface area contributed by atoms with Gasteiger partial charge in [0.15, 0.2) is 0 Å². The maximum Gasteiger partial charge on any atom is 0.123 e. The second kappa shape index (κ2) is 4.84. The van der Waals surface area contributed by atoms with E-state index in [-0.39, 0.29) is 5.82 Å². The molecule has 0 fully saturated rings. The molecule has 2 aromatic carbocycles. The summed E-state index contributed by atoms with van der Waals surface area (Å²) in [6.07, 6.45) is 1.81. The number of aryl methyl sites for hydroxylation is 1. The molecule has 4 heteroatoms. The summed E-state index contributed by atoms with van der Waals surface area (Å²) in [6, 6.07) is 16.9. The molecule has 0 saturated heterocycles. The lowest BCUT2D eigenvalue weighted by molar-refractivity contribution is 0.628. The summed E-state index contributed by atoms with van der Waals surface area (Å²) >= 11 is 0. The van der Waals surface area contributed by atoms with Gasteiger partial charge >= 0.3 is 0 Å². The molecular weight excluding hydrogens is 277 g/mol. The van der Waals surface area contributed by atoms with E-state index < -0.39 is 0 Å². The molecule has 2 aromatic heterocycles. The molecule has 0 aliphatic rings. The van der Waals surface area contributed by atoms with Crippen molar-refractivity contribution in [3.63, 3.8) is 0 Å². The number of fused-ring (bicyclic) bond motifs is 1. The molecule has 2 heterocycles. The van der Waals surface area contributed by atoms with Crippen LogP contribution in [-0.4, -0.2) is 14.8 Å². The lowest BCUT2D eigenvalue weighted by Gasteiger charge is -2.12. The summed E-state index contributed by atoms with van der Waals surface area (Å²) in [6.45, 7) is 2.06. The number of aromatic nitrogens is 3. The lowest BCUT2D eigenvalue weighted by Crippen LogP contribution is -1.99. The van der Waals surface area contributed by atoms with Gasteiger partial charge in [-0.2, -0.15) is 5.10 Å². The second-order valence-electron chi connectivity index (χ2n) is 5.34. The molecule has 0 saturated carbocycles. The minimum Gasteiger partial charge on any atom is -0.314 e. The average molecular weight is 291 g/mol. The molecule has 0 atom stereocenters. The van der Waals surface area contributed by atoms with E-state index in [2.05, 4.69) is 46.0 Å². The highest BCUT2D eigenvalue weighted by atomic mass is 19.1.